The van der Waals surface area contributed by atoms with E-state index in [1.165, 1.54) is 11.1 Å². The maximum absolute atomic E-state index is 11.8. The Labute approximate surface area is 149 Å². The van der Waals surface area contributed by atoms with Gasteiger partial charge in [0, 0.05) is 12.8 Å². The van der Waals surface area contributed by atoms with Gasteiger partial charge in [-0.2, -0.15) is 0 Å². The quantitative estimate of drug-likeness (QED) is 0.496. The number of Topliss-reactive ketones (excluding diaryl/α,β-unsaturated/α-hetero) is 1. The maximum atomic E-state index is 11.8. The molecule has 0 saturated carbocycles. The van der Waals surface area contributed by atoms with Crippen LogP contribution in [0.5, 0.6) is 0 Å². The predicted molar refractivity (Wildman–Crippen MR) is 106 cm³/mol. The molecule has 1 nitrogen and oxygen atoms in total. The molecule has 2 aromatic rings. The average molecular weight is 327 g/mol. The van der Waals surface area contributed by atoms with Crippen molar-refractivity contribution in [3.63, 3.8) is 0 Å². The topological polar surface area (TPSA) is 17.1 Å². The average Bonchev–Trinajstić information content (AvgIpc) is 2.68. The van der Waals surface area contributed by atoms with Crippen LogP contribution in [-0.2, 0) is 17.6 Å². The number of ketones is 1. The summed E-state index contributed by atoms with van der Waals surface area (Å²) in [4.78, 5) is 11.8. The maximum Gasteiger partial charge on any atom is 0.133 e. The second-order valence-corrected chi connectivity index (χ2v) is 5.22. The Hall–Kier alpha value is -1.89. The third kappa shape index (κ3) is 10.8. The number of rotatable bonds is 8. The standard InChI is InChI=1S/C19H22O.2C2H6/c20-19(16-15-18-11-5-2-6-12-18)14-8-7-13-17-9-3-1-4-10-17;2*1-2/h1-6,9-12H,7-8,13-16H2;2*1-2H3. The first kappa shape index (κ1) is 22.1. The molecule has 0 heterocycles. The van der Waals surface area contributed by atoms with Crippen LogP contribution in [0.4, 0.5) is 0 Å². The molecule has 0 fully saturated rings. The number of hydrogen-bond donors (Lipinski definition) is 0. The van der Waals surface area contributed by atoms with Gasteiger partial charge in [0.25, 0.3) is 0 Å². The molecule has 0 saturated heterocycles. The van der Waals surface area contributed by atoms with Gasteiger partial charge < -0.3 is 0 Å². The van der Waals surface area contributed by atoms with E-state index in [-0.39, 0.29) is 0 Å². The molecule has 0 aromatic heterocycles. The van der Waals surface area contributed by atoms with Gasteiger partial charge >= 0.3 is 0 Å². The number of aryl methyl sites for hydroxylation is 2. The Kier molecular flexibility index (Phi) is 14.7. The predicted octanol–water partition coefficient (Wildman–Crippen LogP) is 6.65. The fourth-order valence-electron chi connectivity index (χ4n) is 2.35. The van der Waals surface area contributed by atoms with Gasteiger partial charge in [-0.3, -0.25) is 4.79 Å². The van der Waals surface area contributed by atoms with Gasteiger partial charge in [-0.25, -0.2) is 0 Å². The van der Waals surface area contributed by atoms with Crippen LogP contribution in [0, 0.1) is 0 Å². The molecule has 0 amide bonds. The van der Waals surface area contributed by atoms with Gasteiger partial charge in [-0.15, -0.1) is 0 Å². The molecular formula is C23H34O. The Morgan fingerprint density at radius 1 is 0.625 bits per heavy atom. The van der Waals surface area contributed by atoms with E-state index in [1.54, 1.807) is 0 Å². The largest absolute Gasteiger partial charge is 0.300 e. The Bertz CT molecular complexity index is 502. The zero-order chi connectivity index (χ0) is 18.0. The summed E-state index contributed by atoms with van der Waals surface area (Å²) < 4.78 is 0. The monoisotopic (exact) mass is 326 g/mol. The highest BCUT2D eigenvalue weighted by molar-refractivity contribution is 5.78. The third-order valence-corrected chi connectivity index (χ3v) is 3.55. The molecule has 0 aliphatic heterocycles. The van der Waals surface area contributed by atoms with Crippen molar-refractivity contribution in [2.24, 2.45) is 0 Å². The first-order chi connectivity index (χ1) is 11.8. The molecule has 132 valence electrons. The molecule has 0 aliphatic carbocycles. The summed E-state index contributed by atoms with van der Waals surface area (Å²) in [5, 5.41) is 0. The van der Waals surface area contributed by atoms with E-state index in [0.717, 1.165) is 32.1 Å². The van der Waals surface area contributed by atoms with Gasteiger partial charge in [-0.05, 0) is 36.8 Å². The Morgan fingerprint density at radius 2 is 1.08 bits per heavy atom. The van der Waals surface area contributed by atoms with Crippen LogP contribution >= 0.6 is 0 Å². The number of hydrogen-bond acceptors (Lipinski definition) is 1. The van der Waals surface area contributed by atoms with Crippen LogP contribution in [0.1, 0.15) is 64.5 Å². The molecular weight excluding hydrogens is 292 g/mol. The van der Waals surface area contributed by atoms with E-state index in [2.05, 4.69) is 36.4 Å². The van der Waals surface area contributed by atoms with Crippen LogP contribution in [0.3, 0.4) is 0 Å². The first-order valence-electron chi connectivity index (χ1n) is 9.44. The van der Waals surface area contributed by atoms with Crippen molar-refractivity contribution < 1.29 is 4.79 Å². The van der Waals surface area contributed by atoms with Crippen LogP contribution in [0.25, 0.3) is 0 Å². The highest BCUT2D eigenvalue weighted by atomic mass is 16.1. The van der Waals surface area contributed by atoms with Crippen LogP contribution < -0.4 is 0 Å². The lowest BCUT2D eigenvalue weighted by molar-refractivity contribution is -0.119. The molecule has 24 heavy (non-hydrogen) atoms. The Balaban J connectivity index is 0.00000123. The van der Waals surface area contributed by atoms with E-state index in [0.29, 0.717) is 12.2 Å². The van der Waals surface area contributed by atoms with Crippen molar-refractivity contribution >= 4 is 5.78 Å². The lowest BCUT2D eigenvalue weighted by atomic mass is 10.0. The molecule has 0 bridgehead atoms. The molecule has 0 N–H and O–H groups in total. The normalized spacial score (nSPS) is 9.17. The molecule has 1 heteroatoms. The second-order valence-electron chi connectivity index (χ2n) is 5.22. The fourth-order valence-corrected chi connectivity index (χ4v) is 2.35. The molecule has 2 aromatic carbocycles. The zero-order valence-electron chi connectivity index (χ0n) is 15.9. The molecule has 0 unspecified atom stereocenters. The summed E-state index contributed by atoms with van der Waals surface area (Å²) in [6, 6.07) is 20.7. The highest BCUT2D eigenvalue weighted by Gasteiger charge is 2.02. The van der Waals surface area contributed by atoms with Crippen LogP contribution in [0.15, 0.2) is 60.7 Å². The Morgan fingerprint density at radius 3 is 1.58 bits per heavy atom. The minimum atomic E-state index is 0.391. The number of unbranched alkanes of at least 4 members (excludes halogenated alkanes) is 1. The first-order valence-corrected chi connectivity index (χ1v) is 9.44. The highest BCUT2D eigenvalue weighted by Crippen LogP contribution is 2.09. The van der Waals surface area contributed by atoms with Gasteiger partial charge in [0.05, 0.1) is 0 Å². The molecule has 0 aliphatic rings. The zero-order valence-corrected chi connectivity index (χ0v) is 15.9. The smallest absolute Gasteiger partial charge is 0.133 e. The van der Waals surface area contributed by atoms with Crippen LogP contribution in [-0.4, -0.2) is 5.78 Å². The minimum Gasteiger partial charge on any atom is -0.300 e. The van der Waals surface area contributed by atoms with Gasteiger partial charge in [0.15, 0.2) is 0 Å². The van der Waals surface area contributed by atoms with Crippen molar-refractivity contribution in [1.82, 2.24) is 0 Å². The van der Waals surface area contributed by atoms with Gasteiger partial charge in [0.2, 0.25) is 0 Å². The SMILES string of the molecule is CC.CC.O=C(CCCCc1ccccc1)CCc1ccccc1. The summed E-state index contributed by atoms with van der Waals surface area (Å²) in [7, 11) is 0. The summed E-state index contributed by atoms with van der Waals surface area (Å²) in [5.41, 5.74) is 2.62. The van der Waals surface area contributed by atoms with E-state index in [1.807, 2.05) is 52.0 Å². The van der Waals surface area contributed by atoms with Crippen molar-refractivity contribution in [1.29, 1.82) is 0 Å². The summed E-state index contributed by atoms with van der Waals surface area (Å²) in [5.74, 6) is 0.391. The molecule has 0 atom stereocenters. The number of carbonyl (C=O) groups excluding carboxylic acids is 1. The number of carbonyl (C=O) groups is 1. The summed E-state index contributed by atoms with van der Waals surface area (Å²) in [6.45, 7) is 8.00. The third-order valence-electron chi connectivity index (χ3n) is 3.55. The van der Waals surface area contributed by atoms with E-state index >= 15 is 0 Å². The van der Waals surface area contributed by atoms with Gasteiger partial charge in [0.1, 0.15) is 5.78 Å². The lowest BCUT2D eigenvalue weighted by Crippen LogP contribution is -2.00. The van der Waals surface area contributed by atoms with Crippen molar-refractivity contribution in [3.8, 4) is 0 Å². The number of benzene rings is 2. The van der Waals surface area contributed by atoms with E-state index < -0.39 is 0 Å². The molecule has 2 rings (SSSR count). The van der Waals surface area contributed by atoms with Gasteiger partial charge in [-0.1, -0.05) is 88.4 Å². The van der Waals surface area contributed by atoms with Crippen molar-refractivity contribution in [2.45, 2.75) is 66.2 Å². The lowest BCUT2D eigenvalue weighted by Gasteiger charge is -2.03. The van der Waals surface area contributed by atoms with Crippen molar-refractivity contribution in [2.75, 3.05) is 0 Å². The van der Waals surface area contributed by atoms with E-state index in [9.17, 15) is 4.79 Å². The van der Waals surface area contributed by atoms with E-state index in [4.69, 9.17) is 0 Å². The van der Waals surface area contributed by atoms with Crippen LogP contribution in [0.2, 0.25) is 0 Å². The molecule has 0 spiro atoms. The fraction of sp³-hybridized carbons (Fsp3) is 0.435. The minimum absolute atomic E-state index is 0.391. The summed E-state index contributed by atoms with van der Waals surface area (Å²) in [6.07, 6.45) is 5.45. The van der Waals surface area contributed by atoms with Crippen molar-refractivity contribution in [3.05, 3.63) is 71.8 Å². The molecule has 0 radical (unpaired) electrons. The summed E-state index contributed by atoms with van der Waals surface area (Å²) >= 11 is 0. The second kappa shape index (κ2) is 16.0.